The monoisotopic (exact) mass is 410 g/mol. The minimum absolute atomic E-state index is 0.0932. The van der Waals surface area contributed by atoms with Gasteiger partial charge in [0.05, 0.1) is 16.8 Å². The molecule has 0 N–H and O–H groups in total. The molecule has 0 saturated carbocycles. The van der Waals surface area contributed by atoms with Crippen molar-refractivity contribution >= 4 is 9.84 Å². The largest absolute Gasteiger partial charge is 0.464 e. The lowest BCUT2D eigenvalue weighted by Gasteiger charge is -2.20. The van der Waals surface area contributed by atoms with Crippen molar-refractivity contribution in [3.8, 4) is 11.3 Å². The van der Waals surface area contributed by atoms with Gasteiger partial charge in [0, 0.05) is 5.56 Å². The molecule has 1 heterocycles. The third-order valence-corrected chi connectivity index (χ3v) is 8.07. The summed E-state index contributed by atoms with van der Waals surface area (Å²) in [4.78, 5) is 0. The fourth-order valence-electron chi connectivity index (χ4n) is 3.35. The molecule has 0 fully saturated rings. The van der Waals surface area contributed by atoms with E-state index >= 15 is 0 Å². The van der Waals surface area contributed by atoms with Crippen molar-refractivity contribution in [2.45, 2.75) is 58.0 Å². The zero-order chi connectivity index (χ0) is 21.2. The van der Waals surface area contributed by atoms with Crippen LogP contribution >= 0.6 is 0 Å². The van der Waals surface area contributed by atoms with Crippen molar-refractivity contribution in [2.24, 2.45) is 0 Å². The van der Waals surface area contributed by atoms with Crippen molar-refractivity contribution in [1.82, 2.24) is 0 Å². The van der Waals surface area contributed by atoms with Gasteiger partial charge in [0.2, 0.25) is 0 Å². The van der Waals surface area contributed by atoms with Crippen LogP contribution in [0.5, 0.6) is 0 Å². The van der Waals surface area contributed by atoms with Gasteiger partial charge in [-0.15, -0.1) is 0 Å². The summed E-state index contributed by atoms with van der Waals surface area (Å²) >= 11 is 0. The van der Waals surface area contributed by atoms with Crippen LogP contribution in [0.4, 0.5) is 0 Å². The van der Waals surface area contributed by atoms with E-state index in [-0.39, 0.29) is 5.75 Å². The quantitative estimate of drug-likeness (QED) is 0.496. The van der Waals surface area contributed by atoms with Gasteiger partial charge in [-0.1, -0.05) is 30.3 Å². The Bertz CT molecular complexity index is 1090. The fourth-order valence-corrected chi connectivity index (χ4v) is 4.51. The SMILES string of the molecule is Cc1cc(-c2ccco2)ccc1CCc1ccc(CS(=O)(=O)C(C)(C)C)c(C)c1. The predicted octanol–water partition coefficient (Wildman–Crippen LogP) is 6.06. The summed E-state index contributed by atoms with van der Waals surface area (Å²) in [5.74, 6) is 0.978. The van der Waals surface area contributed by atoms with E-state index < -0.39 is 14.6 Å². The minimum Gasteiger partial charge on any atom is -0.464 e. The number of benzene rings is 2. The number of hydrogen-bond donors (Lipinski definition) is 0. The average molecular weight is 411 g/mol. The van der Waals surface area contributed by atoms with Crippen molar-refractivity contribution in [3.63, 3.8) is 0 Å². The molecule has 0 unspecified atom stereocenters. The van der Waals surface area contributed by atoms with Crippen molar-refractivity contribution in [3.05, 3.63) is 82.6 Å². The Morgan fingerprint density at radius 1 is 0.862 bits per heavy atom. The first-order chi connectivity index (χ1) is 13.6. The first-order valence-corrected chi connectivity index (χ1v) is 11.7. The molecule has 29 heavy (non-hydrogen) atoms. The van der Waals surface area contributed by atoms with Gasteiger partial charge in [-0.3, -0.25) is 0 Å². The summed E-state index contributed by atoms with van der Waals surface area (Å²) in [6.07, 6.45) is 3.56. The number of sulfone groups is 1. The average Bonchev–Trinajstić information content (AvgIpc) is 3.16. The predicted molar refractivity (Wildman–Crippen MR) is 120 cm³/mol. The lowest BCUT2D eigenvalue weighted by molar-refractivity contribution is 0.559. The van der Waals surface area contributed by atoms with E-state index in [0.717, 1.165) is 35.3 Å². The number of rotatable bonds is 6. The summed E-state index contributed by atoms with van der Waals surface area (Å²) in [7, 11) is -3.18. The Balaban J connectivity index is 1.70. The lowest BCUT2D eigenvalue weighted by Crippen LogP contribution is -2.29. The lowest BCUT2D eigenvalue weighted by atomic mass is 9.96. The highest BCUT2D eigenvalue weighted by Gasteiger charge is 2.29. The van der Waals surface area contributed by atoms with Crippen molar-refractivity contribution in [2.75, 3.05) is 0 Å². The highest BCUT2D eigenvalue weighted by atomic mass is 32.2. The van der Waals surface area contributed by atoms with Crippen LogP contribution in [0.15, 0.2) is 59.2 Å². The highest BCUT2D eigenvalue weighted by Crippen LogP contribution is 2.25. The zero-order valence-electron chi connectivity index (χ0n) is 18.0. The van der Waals surface area contributed by atoms with Crippen LogP contribution in [0.2, 0.25) is 0 Å². The third-order valence-electron chi connectivity index (χ3n) is 5.52. The van der Waals surface area contributed by atoms with E-state index in [0.29, 0.717) is 0 Å². The highest BCUT2D eigenvalue weighted by molar-refractivity contribution is 7.91. The van der Waals surface area contributed by atoms with Crippen LogP contribution < -0.4 is 0 Å². The molecule has 154 valence electrons. The molecule has 0 amide bonds. The number of hydrogen-bond acceptors (Lipinski definition) is 3. The molecule has 0 saturated heterocycles. The molecule has 0 aliphatic rings. The molecule has 3 rings (SSSR count). The molecule has 0 radical (unpaired) electrons. The third kappa shape index (κ3) is 4.99. The molecule has 2 aromatic carbocycles. The van der Waals surface area contributed by atoms with Gasteiger partial charge in [-0.2, -0.15) is 0 Å². The first kappa shape index (κ1) is 21.4. The summed E-state index contributed by atoms with van der Waals surface area (Å²) in [5, 5.41) is 0. The van der Waals surface area contributed by atoms with E-state index in [4.69, 9.17) is 4.42 Å². The molecular weight excluding hydrogens is 380 g/mol. The number of furan rings is 1. The Morgan fingerprint density at radius 2 is 1.55 bits per heavy atom. The van der Waals surface area contributed by atoms with E-state index in [1.165, 1.54) is 16.7 Å². The maximum atomic E-state index is 12.5. The molecular formula is C25H30O3S. The summed E-state index contributed by atoms with van der Waals surface area (Å²) in [5.41, 5.74) is 6.83. The molecule has 0 atom stereocenters. The van der Waals surface area contributed by atoms with Crippen LogP contribution in [-0.4, -0.2) is 13.2 Å². The standard InChI is InChI=1S/C25H30O3S/c1-18-15-20(9-11-23(18)17-29(26,27)25(3,4)5)8-10-21-12-13-22(16-19(21)2)24-7-6-14-28-24/h6-7,9,11-16H,8,10,17H2,1-5H3. The van der Waals surface area contributed by atoms with Crippen LogP contribution in [0, 0.1) is 13.8 Å². The van der Waals surface area contributed by atoms with Gasteiger partial charge in [-0.05, 0) is 93.5 Å². The van der Waals surface area contributed by atoms with Crippen LogP contribution in [-0.2, 0) is 28.4 Å². The molecule has 0 aliphatic heterocycles. The second kappa shape index (κ2) is 8.19. The van der Waals surface area contributed by atoms with Gasteiger partial charge < -0.3 is 4.42 Å². The van der Waals surface area contributed by atoms with E-state index in [1.807, 2.05) is 25.1 Å². The first-order valence-electron chi connectivity index (χ1n) is 10.0. The van der Waals surface area contributed by atoms with Crippen LogP contribution in [0.25, 0.3) is 11.3 Å². The van der Waals surface area contributed by atoms with E-state index in [9.17, 15) is 8.42 Å². The molecule has 4 heteroatoms. The molecule has 3 aromatic rings. The summed E-state index contributed by atoms with van der Waals surface area (Å²) in [6.45, 7) is 9.40. The van der Waals surface area contributed by atoms with Crippen molar-refractivity contribution < 1.29 is 12.8 Å². The summed E-state index contributed by atoms with van der Waals surface area (Å²) in [6, 6.07) is 16.5. The van der Waals surface area contributed by atoms with E-state index in [2.05, 4.69) is 37.3 Å². The molecule has 0 bridgehead atoms. The molecule has 0 spiro atoms. The van der Waals surface area contributed by atoms with Gasteiger partial charge in [0.25, 0.3) is 0 Å². The smallest absolute Gasteiger partial charge is 0.159 e. The second-order valence-corrected chi connectivity index (χ2v) is 11.5. The van der Waals surface area contributed by atoms with Crippen molar-refractivity contribution in [1.29, 1.82) is 0 Å². The maximum absolute atomic E-state index is 12.5. The zero-order valence-corrected chi connectivity index (χ0v) is 18.8. The van der Waals surface area contributed by atoms with Gasteiger partial charge in [0.15, 0.2) is 9.84 Å². The van der Waals surface area contributed by atoms with Crippen LogP contribution in [0.3, 0.4) is 0 Å². The maximum Gasteiger partial charge on any atom is 0.159 e. The minimum atomic E-state index is -3.18. The van der Waals surface area contributed by atoms with Gasteiger partial charge >= 0.3 is 0 Å². The molecule has 1 aromatic heterocycles. The normalized spacial score (nSPS) is 12.3. The Morgan fingerprint density at radius 3 is 2.14 bits per heavy atom. The van der Waals surface area contributed by atoms with Crippen LogP contribution in [0.1, 0.15) is 48.6 Å². The Kier molecular flexibility index (Phi) is 6.04. The molecule has 0 aliphatic carbocycles. The molecule has 3 nitrogen and oxygen atoms in total. The topological polar surface area (TPSA) is 47.3 Å². The van der Waals surface area contributed by atoms with Gasteiger partial charge in [-0.25, -0.2) is 8.42 Å². The van der Waals surface area contributed by atoms with Gasteiger partial charge in [0.1, 0.15) is 5.76 Å². The number of aryl methyl sites for hydroxylation is 4. The Labute approximate surface area is 174 Å². The summed E-state index contributed by atoms with van der Waals surface area (Å²) < 4.78 is 29.8. The second-order valence-electron chi connectivity index (χ2n) is 8.75. The van der Waals surface area contributed by atoms with E-state index in [1.54, 1.807) is 27.0 Å². The fraction of sp³-hybridized carbons (Fsp3) is 0.360. The Hall–Kier alpha value is -2.33.